The number of benzene rings is 1. The van der Waals surface area contributed by atoms with E-state index in [1.165, 1.54) is 5.56 Å². The Labute approximate surface area is 114 Å². The van der Waals surface area contributed by atoms with E-state index in [0.29, 0.717) is 5.92 Å². The Kier molecular flexibility index (Phi) is 4.73. The van der Waals surface area contributed by atoms with Crippen molar-refractivity contribution in [1.29, 1.82) is 0 Å². The summed E-state index contributed by atoms with van der Waals surface area (Å²) in [5.74, 6) is 0.353. The highest BCUT2D eigenvalue weighted by Gasteiger charge is 2.34. The standard InChI is InChI=1S/C15H25NOS/c1-12(2)15(6,13-10-8-7-9-11-13)16-18(17)14(3,4)5/h7-12,16H,1-6H3/t15?,18-/m1/s1. The molecule has 0 saturated heterocycles. The van der Waals surface area contributed by atoms with Gasteiger partial charge in [0.25, 0.3) is 0 Å². The molecule has 0 aliphatic heterocycles. The predicted molar refractivity (Wildman–Crippen MR) is 79.7 cm³/mol. The summed E-state index contributed by atoms with van der Waals surface area (Å²) < 4.78 is 15.4. The molecule has 2 atom stereocenters. The van der Waals surface area contributed by atoms with Crippen molar-refractivity contribution < 1.29 is 4.21 Å². The zero-order chi connectivity index (χ0) is 14.0. The van der Waals surface area contributed by atoms with E-state index in [9.17, 15) is 4.21 Å². The first-order valence-corrected chi connectivity index (χ1v) is 7.58. The molecule has 0 heterocycles. The zero-order valence-corrected chi connectivity index (χ0v) is 13.1. The van der Waals surface area contributed by atoms with Gasteiger partial charge < -0.3 is 0 Å². The Balaban J connectivity index is 3.07. The van der Waals surface area contributed by atoms with Gasteiger partial charge in [-0.1, -0.05) is 44.2 Å². The van der Waals surface area contributed by atoms with Crippen molar-refractivity contribution in [3.8, 4) is 0 Å². The maximum Gasteiger partial charge on any atom is 0.0978 e. The van der Waals surface area contributed by atoms with Crippen LogP contribution < -0.4 is 4.72 Å². The Morgan fingerprint density at radius 1 is 1.06 bits per heavy atom. The third kappa shape index (κ3) is 3.42. The molecule has 0 saturated carbocycles. The smallest absolute Gasteiger partial charge is 0.0978 e. The normalized spacial score (nSPS) is 17.5. The van der Waals surface area contributed by atoms with Crippen molar-refractivity contribution in [1.82, 2.24) is 4.72 Å². The molecule has 0 aliphatic rings. The molecule has 0 radical (unpaired) electrons. The minimum absolute atomic E-state index is 0.259. The van der Waals surface area contributed by atoms with Gasteiger partial charge in [-0.05, 0) is 39.2 Å². The van der Waals surface area contributed by atoms with Crippen LogP contribution in [0.25, 0.3) is 0 Å². The van der Waals surface area contributed by atoms with Crippen molar-refractivity contribution >= 4 is 11.0 Å². The first-order valence-electron chi connectivity index (χ1n) is 6.43. The van der Waals surface area contributed by atoms with Gasteiger partial charge in [0.1, 0.15) is 0 Å². The molecule has 102 valence electrons. The Morgan fingerprint density at radius 3 is 1.94 bits per heavy atom. The molecule has 0 fully saturated rings. The molecular weight excluding hydrogens is 242 g/mol. The van der Waals surface area contributed by atoms with Crippen molar-refractivity contribution in [3.05, 3.63) is 35.9 Å². The lowest BCUT2D eigenvalue weighted by Gasteiger charge is -2.37. The number of rotatable bonds is 4. The van der Waals surface area contributed by atoms with Crippen molar-refractivity contribution in [2.24, 2.45) is 5.92 Å². The summed E-state index contributed by atoms with van der Waals surface area (Å²) in [5.41, 5.74) is 0.900. The fourth-order valence-electron chi connectivity index (χ4n) is 1.64. The molecule has 18 heavy (non-hydrogen) atoms. The molecule has 0 bridgehead atoms. The second kappa shape index (κ2) is 5.54. The minimum atomic E-state index is -1.08. The van der Waals surface area contributed by atoms with Crippen LogP contribution in [0.5, 0.6) is 0 Å². The summed E-state index contributed by atoms with van der Waals surface area (Å²) in [5, 5.41) is 0. The third-order valence-corrected chi connectivity index (χ3v) is 5.11. The van der Waals surface area contributed by atoms with Gasteiger partial charge in [-0.25, -0.2) is 8.93 Å². The highest BCUT2D eigenvalue weighted by atomic mass is 32.2. The van der Waals surface area contributed by atoms with E-state index >= 15 is 0 Å². The van der Waals surface area contributed by atoms with Gasteiger partial charge in [-0.3, -0.25) is 0 Å². The fraction of sp³-hybridized carbons (Fsp3) is 0.600. The van der Waals surface area contributed by atoms with Crippen molar-refractivity contribution in [2.45, 2.75) is 51.8 Å². The van der Waals surface area contributed by atoms with Crippen LogP contribution in [0.4, 0.5) is 0 Å². The molecule has 0 spiro atoms. The average Bonchev–Trinajstić information content (AvgIpc) is 2.28. The molecule has 1 unspecified atom stereocenters. The zero-order valence-electron chi connectivity index (χ0n) is 12.3. The summed E-state index contributed by atoms with van der Waals surface area (Å²) in [7, 11) is -1.08. The van der Waals surface area contributed by atoms with Gasteiger partial charge in [-0.2, -0.15) is 0 Å². The highest BCUT2D eigenvalue weighted by molar-refractivity contribution is 7.84. The second-order valence-electron chi connectivity index (χ2n) is 6.21. The quantitative estimate of drug-likeness (QED) is 0.887. The van der Waals surface area contributed by atoms with Crippen LogP contribution in [0.15, 0.2) is 30.3 Å². The molecule has 0 aliphatic carbocycles. The van der Waals surface area contributed by atoms with Crippen LogP contribution in [-0.2, 0) is 16.5 Å². The van der Waals surface area contributed by atoms with Gasteiger partial charge >= 0.3 is 0 Å². The largest absolute Gasteiger partial charge is 0.242 e. The number of nitrogens with one attached hydrogen (secondary N) is 1. The van der Waals surface area contributed by atoms with Crippen LogP contribution >= 0.6 is 0 Å². The lowest BCUT2D eigenvalue weighted by Crippen LogP contribution is -2.49. The Bertz CT molecular complexity index is 408. The third-order valence-electron chi connectivity index (χ3n) is 3.39. The van der Waals surface area contributed by atoms with E-state index in [4.69, 9.17) is 0 Å². The summed E-state index contributed by atoms with van der Waals surface area (Å²) in [6.07, 6.45) is 0. The molecule has 3 heteroatoms. The SMILES string of the molecule is CC(C)C(C)(N[S@](=O)C(C)(C)C)c1ccccc1. The van der Waals surface area contributed by atoms with E-state index in [1.807, 2.05) is 39.0 Å². The summed E-state index contributed by atoms with van der Waals surface area (Å²) in [4.78, 5) is 0. The monoisotopic (exact) mass is 267 g/mol. The van der Waals surface area contributed by atoms with Crippen LogP contribution in [-0.4, -0.2) is 8.96 Å². The molecule has 2 nitrogen and oxygen atoms in total. The summed E-state index contributed by atoms with van der Waals surface area (Å²) in [6, 6.07) is 10.2. The van der Waals surface area contributed by atoms with Crippen molar-refractivity contribution in [2.75, 3.05) is 0 Å². The number of hydrogen-bond donors (Lipinski definition) is 1. The molecular formula is C15H25NOS. The minimum Gasteiger partial charge on any atom is -0.242 e. The Hall–Kier alpha value is -0.670. The molecule has 0 aromatic heterocycles. The Morgan fingerprint density at radius 2 is 1.56 bits per heavy atom. The lowest BCUT2D eigenvalue weighted by molar-refractivity contribution is 0.317. The maximum absolute atomic E-state index is 12.4. The van der Waals surface area contributed by atoms with Gasteiger partial charge in [-0.15, -0.1) is 0 Å². The second-order valence-corrected chi connectivity index (χ2v) is 8.17. The lowest BCUT2D eigenvalue weighted by atomic mass is 9.83. The maximum atomic E-state index is 12.4. The molecule has 1 N–H and O–H groups in total. The first kappa shape index (κ1) is 15.4. The molecule has 1 aromatic carbocycles. The summed E-state index contributed by atoms with van der Waals surface area (Å²) >= 11 is 0. The van der Waals surface area contributed by atoms with Crippen LogP contribution in [0.3, 0.4) is 0 Å². The predicted octanol–water partition coefficient (Wildman–Crippen LogP) is 3.61. The van der Waals surface area contributed by atoms with Gasteiger partial charge in [0.2, 0.25) is 0 Å². The topological polar surface area (TPSA) is 29.1 Å². The van der Waals surface area contributed by atoms with Crippen LogP contribution in [0.2, 0.25) is 0 Å². The van der Waals surface area contributed by atoms with E-state index < -0.39 is 11.0 Å². The van der Waals surface area contributed by atoms with Crippen molar-refractivity contribution in [3.63, 3.8) is 0 Å². The number of hydrogen-bond acceptors (Lipinski definition) is 1. The van der Waals surface area contributed by atoms with Gasteiger partial charge in [0.05, 0.1) is 21.3 Å². The fourth-order valence-corrected chi connectivity index (χ4v) is 2.69. The first-order chi connectivity index (χ1) is 8.18. The van der Waals surface area contributed by atoms with Gasteiger partial charge in [0, 0.05) is 0 Å². The van der Waals surface area contributed by atoms with E-state index in [2.05, 4.69) is 37.6 Å². The summed E-state index contributed by atoms with van der Waals surface area (Å²) in [6.45, 7) is 12.4. The van der Waals surface area contributed by atoms with E-state index in [1.54, 1.807) is 0 Å². The average molecular weight is 267 g/mol. The van der Waals surface area contributed by atoms with E-state index in [-0.39, 0.29) is 10.3 Å². The highest BCUT2D eigenvalue weighted by Crippen LogP contribution is 2.30. The van der Waals surface area contributed by atoms with Gasteiger partial charge in [0.15, 0.2) is 0 Å². The van der Waals surface area contributed by atoms with Crippen LogP contribution in [0, 0.1) is 5.92 Å². The van der Waals surface area contributed by atoms with E-state index in [0.717, 1.165) is 0 Å². The molecule has 1 rings (SSSR count). The molecule has 0 amide bonds. The molecule has 1 aromatic rings. The van der Waals surface area contributed by atoms with Crippen LogP contribution in [0.1, 0.15) is 47.1 Å².